The van der Waals surface area contributed by atoms with Gasteiger partial charge in [0.2, 0.25) is 0 Å². The van der Waals surface area contributed by atoms with E-state index in [0.717, 1.165) is 12.8 Å². The number of nitrogens with one attached hydrogen (secondary N) is 1. The summed E-state index contributed by atoms with van der Waals surface area (Å²) >= 11 is 0. The molecule has 1 aromatic carbocycles. The maximum atomic E-state index is 12.4. The smallest absolute Gasteiger partial charge is 0.301 e. The van der Waals surface area contributed by atoms with Crippen molar-refractivity contribution < 1.29 is 13.6 Å². The largest absolute Gasteiger partial charge is 0.409 e. The number of para-hydroxylation sites is 1. The molecule has 116 valence electrons. The average molecular weight is 312 g/mol. The van der Waals surface area contributed by atoms with E-state index in [9.17, 15) is 8.42 Å². The first kappa shape index (κ1) is 15.6. The van der Waals surface area contributed by atoms with Crippen LogP contribution in [0.5, 0.6) is 0 Å². The normalized spacial score (nSPS) is 21.2. The van der Waals surface area contributed by atoms with Crippen LogP contribution in [0.3, 0.4) is 0 Å². The molecule has 1 atom stereocenters. The summed E-state index contributed by atoms with van der Waals surface area (Å²) in [6.45, 7) is 3.04. The lowest BCUT2D eigenvalue weighted by atomic mass is 10.0. The molecule has 1 aliphatic rings. The molecule has 8 heteroatoms. The molecule has 1 fully saturated rings. The molecule has 1 unspecified atom stereocenters. The Morgan fingerprint density at radius 1 is 1.48 bits per heavy atom. The van der Waals surface area contributed by atoms with Gasteiger partial charge in [-0.2, -0.15) is 12.7 Å². The second kappa shape index (κ2) is 6.31. The molecular weight excluding hydrogens is 292 g/mol. The molecule has 1 aromatic rings. The first-order valence-corrected chi connectivity index (χ1v) is 8.23. The van der Waals surface area contributed by atoms with E-state index in [1.807, 2.05) is 6.92 Å². The maximum absolute atomic E-state index is 12.4. The van der Waals surface area contributed by atoms with Gasteiger partial charge in [0.25, 0.3) is 0 Å². The van der Waals surface area contributed by atoms with Crippen molar-refractivity contribution in [3.8, 4) is 0 Å². The van der Waals surface area contributed by atoms with Crippen LogP contribution in [0, 0.1) is 5.92 Å². The summed E-state index contributed by atoms with van der Waals surface area (Å²) < 4.78 is 28.8. The Bertz CT molecular complexity index is 630. The molecular formula is C13H20N4O3S. The molecule has 2 rings (SSSR count). The summed E-state index contributed by atoms with van der Waals surface area (Å²) in [6.07, 6.45) is 1.89. The fraction of sp³-hybridized carbons (Fsp3) is 0.462. The fourth-order valence-electron chi connectivity index (χ4n) is 2.42. The van der Waals surface area contributed by atoms with E-state index in [2.05, 4.69) is 9.88 Å². The van der Waals surface area contributed by atoms with Gasteiger partial charge in [0.05, 0.1) is 5.69 Å². The number of oxime groups is 1. The molecule has 0 bridgehead atoms. The van der Waals surface area contributed by atoms with Crippen LogP contribution in [-0.2, 0) is 10.2 Å². The third-order valence-electron chi connectivity index (χ3n) is 3.51. The fourth-order valence-corrected chi connectivity index (χ4v) is 3.82. The van der Waals surface area contributed by atoms with E-state index in [1.54, 1.807) is 24.3 Å². The van der Waals surface area contributed by atoms with Crippen molar-refractivity contribution >= 4 is 21.7 Å². The van der Waals surface area contributed by atoms with E-state index in [0.29, 0.717) is 30.3 Å². The number of hydrogen-bond acceptors (Lipinski definition) is 4. The number of piperidine rings is 1. The molecule has 1 aliphatic heterocycles. The Morgan fingerprint density at radius 3 is 2.86 bits per heavy atom. The minimum absolute atomic E-state index is 0.139. The van der Waals surface area contributed by atoms with Crippen LogP contribution in [0.25, 0.3) is 0 Å². The van der Waals surface area contributed by atoms with Crippen LogP contribution in [0.2, 0.25) is 0 Å². The molecule has 0 amide bonds. The Hall–Kier alpha value is -1.80. The molecule has 0 aliphatic carbocycles. The van der Waals surface area contributed by atoms with Gasteiger partial charge in [-0.3, -0.25) is 4.72 Å². The summed E-state index contributed by atoms with van der Waals surface area (Å²) in [4.78, 5) is 0. The number of amidine groups is 1. The summed E-state index contributed by atoms with van der Waals surface area (Å²) in [7, 11) is -3.64. The predicted octanol–water partition coefficient (Wildman–Crippen LogP) is 1.17. The van der Waals surface area contributed by atoms with E-state index in [1.165, 1.54) is 4.31 Å². The molecule has 0 spiro atoms. The molecule has 1 heterocycles. The van der Waals surface area contributed by atoms with Crippen LogP contribution in [0.4, 0.5) is 5.69 Å². The Morgan fingerprint density at radius 2 is 2.19 bits per heavy atom. The van der Waals surface area contributed by atoms with E-state index in [-0.39, 0.29) is 5.84 Å². The van der Waals surface area contributed by atoms with Crippen molar-refractivity contribution in [2.45, 2.75) is 19.8 Å². The summed E-state index contributed by atoms with van der Waals surface area (Å²) in [5, 5.41) is 11.7. The standard InChI is InChI=1S/C13H20N4O3S/c1-10-5-4-8-17(9-10)21(19,20)16-12-7-3-2-6-11(12)13(14)15-18/h2-3,6-7,10,16,18H,4-5,8-9H2,1H3,(H2,14,15). The topological polar surface area (TPSA) is 108 Å². The quantitative estimate of drug-likeness (QED) is 0.335. The lowest BCUT2D eigenvalue weighted by Crippen LogP contribution is -2.42. The average Bonchev–Trinajstić information content (AvgIpc) is 2.46. The minimum atomic E-state index is -3.64. The second-order valence-electron chi connectivity index (χ2n) is 5.24. The molecule has 21 heavy (non-hydrogen) atoms. The first-order chi connectivity index (χ1) is 9.94. The summed E-state index contributed by atoms with van der Waals surface area (Å²) in [6, 6.07) is 6.54. The number of benzene rings is 1. The minimum Gasteiger partial charge on any atom is -0.409 e. The first-order valence-electron chi connectivity index (χ1n) is 6.79. The monoisotopic (exact) mass is 312 g/mol. The number of nitrogens with zero attached hydrogens (tertiary/aromatic N) is 2. The van der Waals surface area contributed by atoms with Gasteiger partial charge in [-0.25, -0.2) is 0 Å². The highest BCUT2D eigenvalue weighted by molar-refractivity contribution is 7.90. The van der Waals surface area contributed by atoms with Crippen molar-refractivity contribution in [2.75, 3.05) is 17.8 Å². The molecule has 4 N–H and O–H groups in total. The predicted molar refractivity (Wildman–Crippen MR) is 81.5 cm³/mol. The van der Waals surface area contributed by atoms with Gasteiger partial charge in [-0.1, -0.05) is 24.2 Å². The SMILES string of the molecule is CC1CCCN(S(=O)(=O)Nc2ccccc2/C(N)=N/O)C1. The summed E-state index contributed by atoms with van der Waals surface area (Å²) in [5.74, 6) is 0.204. The van der Waals surface area contributed by atoms with Crippen LogP contribution in [-0.4, -0.2) is 36.9 Å². The van der Waals surface area contributed by atoms with Crippen molar-refractivity contribution in [1.29, 1.82) is 0 Å². The molecule has 0 saturated carbocycles. The van der Waals surface area contributed by atoms with Crippen molar-refractivity contribution in [3.05, 3.63) is 29.8 Å². The highest BCUT2D eigenvalue weighted by Gasteiger charge is 2.27. The Balaban J connectivity index is 2.25. The number of hydrogen-bond donors (Lipinski definition) is 3. The van der Waals surface area contributed by atoms with Crippen LogP contribution < -0.4 is 10.5 Å². The lowest BCUT2D eigenvalue weighted by molar-refractivity contribution is 0.282. The van der Waals surface area contributed by atoms with Gasteiger partial charge in [0, 0.05) is 18.7 Å². The highest BCUT2D eigenvalue weighted by atomic mass is 32.2. The zero-order valence-corrected chi connectivity index (χ0v) is 12.7. The number of anilines is 1. The Kier molecular flexibility index (Phi) is 4.69. The van der Waals surface area contributed by atoms with Gasteiger partial charge in [-0.05, 0) is 30.9 Å². The van der Waals surface area contributed by atoms with Gasteiger partial charge in [0.15, 0.2) is 5.84 Å². The lowest BCUT2D eigenvalue weighted by Gasteiger charge is -2.30. The van der Waals surface area contributed by atoms with Gasteiger partial charge in [-0.15, -0.1) is 0 Å². The molecule has 1 saturated heterocycles. The van der Waals surface area contributed by atoms with Gasteiger partial charge < -0.3 is 10.9 Å². The van der Waals surface area contributed by atoms with Crippen molar-refractivity contribution in [1.82, 2.24) is 4.31 Å². The van der Waals surface area contributed by atoms with Crippen LogP contribution in [0.15, 0.2) is 29.4 Å². The van der Waals surface area contributed by atoms with Crippen LogP contribution >= 0.6 is 0 Å². The maximum Gasteiger partial charge on any atom is 0.301 e. The molecule has 0 radical (unpaired) electrons. The van der Waals surface area contributed by atoms with E-state index < -0.39 is 10.2 Å². The Labute approximate surface area is 124 Å². The number of rotatable bonds is 4. The van der Waals surface area contributed by atoms with E-state index >= 15 is 0 Å². The number of nitrogens with two attached hydrogens (primary N) is 1. The highest BCUT2D eigenvalue weighted by Crippen LogP contribution is 2.22. The zero-order valence-electron chi connectivity index (χ0n) is 11.9. The third-order valence-corrected chi connectivity index (χ3v) is 5.00. The van der Waals surface area contributed by atoms with Crippen molar-refractivity contribution in [3.63, 3.8) is 0 Å². The molecule has 0 aromatic heterocycles. The van der Waals surface area contributed by atoms with Gasteiger partial charge in [0.1, 0.15) is 0 Å². The summed E-state index contributed by atoms with van der Waals surface area (Å²) in [5.41, 5.74) is 6.20. The van der Waals surface area contributed by atoms with E-state index in [4.69, 9.17) is 10.9 Å². The van der Waals surface area contributed by atoms with Crippen molar-refractivity contribution in [2.24, 2.45) is 16.8 Å². The zero-order chi connectivity index (χ0) is 15.5. The van der Waals surface area contributed by atoms with Gasteiger partial charge >= 0.3 is 10.2 Å². The molecule has 7 nitrogen and oxygen atoms in total. The van der Waals surface area contributed by atoms with Crippen LogP contribution in [0.1, 0.15) is 25.3 Å². The third kappa shape index (κ3) is 3.64. The second-order valence-corrected chi connectivity index (χ2v) is 6.91.